The van der Waals surface area contributed by atoms with E-state index in [2.05, 4.69) is 15.3 Å². The van der Waals surface area contributed by atoms with Crippen LogP contribution in [0.2, 0.25) is 0 Å². The van der Waals surface area contributed by atoms with E-state index in [4.69, 9.17) is 15.2 Å². The number of hydrogen-bond donors (Lipinski definition) is 2. The third kappa shape index (κ3) is 5.93. The van der Waals surface area contributed by atoms with Crippen LogP contribution >= 0.6 is 11.3 Å². The number of nitrogen functional groups attached to an aromatic ring is 1. The highest BCUT2D eigenvalue weighted by molar-refractivity contribution is 7.23. The average molecular weight is 731 g/mol. The number of nitrogens with two attached hydrogens (primary N) is 1. The van der Waals surface area contributed by atoms with Crippen molar-refractivity contribution in [3.05, 3.63) is 41.0 Å². The molecule has 1 spiro atoms. The van der Waals surface area contributed by atoms with Gasteiger partial charge >= 0.3 is 12.2 Å². The average Bonchev–Trinajstić information content (AvgIpc) is 3.75. The highest BCUT2D eigenvalue weighted by Crippen LogP contribution is 2.49. The Morgan fingerprint density at radius 1 is 1.10 bits per heavy atom. The van der Waals surface area contributed by atoms with Crippen molar-refractivity contribution < 1.29 is 35.8 Å². The normalized spacial score (nSPS) is 24.0. The third-order valence-corrected chi connectivity index (χ3v) is 12.6. The second kappa shape index (κ2) is 12.7. The van der Waals surface area contributed by atoms with Crippen molar-refractivity contribution in [2.45, 2.75) is 81.8 Å². The van der Waals surface area contributed by atoms with Crippen LogP contribution in [0.5, 0.6) is 11.9 Å². The van der Waals surface area contributed by atoms with Gasteiger partial charge in [0.2, 0.25) is 5.88 Å². The first-order valence-electron chi connectivity index (χ1n) is 17.3. The molecule has 8 rings (SSSR count). The van der Waals surface area contributed by atoms with E-state index in [1.807, 2.05) is 11.0 Å². The molecule has 8 nitrogen and oxygen atoms in total. The van der Waals surface area contributed by atoms with Crippen molar-refractivity contribution in [1.82, 2.24) is 20.2 Å². The Kier molecular flexibility index (Phi) is 8.50. The van der Waals surface area contributed by atoms with E-state index in [1.165, 1.54) is 0 Å². The number of alkyl halides is 4. The largest absolute Gasteiger partial charge is 0.474 e. The molecule has 4 aromatic rings. The van der Waals surface area contributed by atoms with Gasteiger partial charge in [0, 0.05) is 23.9 Å². The molecule has 0 bridgehead atoms. The Morgan fingerprint density at radius 2 is 1.86 bits per heavy atom. The van der Waals surface area contributed by atoms with Gasteiger partial charge in [-0.2, -0.15) is 28.4 Å². The van der Waals surface area contributed by atoms with Gasteiger partial charge in [-0.1, -0.05) is 6.07 Å². The van der Waals surface area contributed by atoms with Gasteiger partial charge in [-0.05, 0) is 94.1 Å². The summed E-state index contributed by atoms with van der Waals surface area (Å²) in [6.45, 7) is 2.85. The molecule has 5 heterocycles. The number of anilines is 1. The fraction of sp³-hybridized carbons (Fsp3) is 0.528. The lowest BCUT2D eigenvalue weighted by molar-refractivity contribution is -0.137. The molecular formula is C36H36F6N6O2S. The van der Waals surface area contributed by atoms with Gasteiger partial charge < -0.3 is 20.5 Å². The molecule has 3 aliphatic heterocycles. The number of rotatable bonds is 6. The molecule has 0 unspecified atom stereocenters. The number of hydrogen-bond acceptors (Lipinski definition) is 9. The second-order valence-corrected chi connectivity index (χ2v) is 15.6. The predicted molar refractivity (Wildman–Crippen MR) is 180 cm³/mol. The van der Waals surface area contributed by atoms with Gasteiger partial charge in [0.15, 0.2) is 5.82 Å². The topological polar surface area (TPSA) is 109 Å². The first kappa shape index (κ1) is 34.2. The molecule has 4 fully saturated rings. The lowest BCUT2D eigenvalue weighted by atomic mass is 9.68. The SMILES string of the molecule is N#Cc1c(N)sc2c(F)ccc(-c3c(C(F)(F)F)cc4c(OC5CCC6(CCNCC6)CC5)nc(OC[C@@]56CCCN5C[C@H](F)C6)nc4c3F)c12. The summed E-state index contributed by atoms with van der Waals surface area (Å²) in [5.74, 6) is -2.41. The van der Waals surface area contributed by atoms with E-state index in [1.54, 1.807) is 0 Å². The van der Waals surface area contributed by atoms with E-state index >= 15 is 4.39 Å². The Bertz CT molecular complexity index is 2050. The Labute approximate surface area is 293 Å². The van der Waals surface area contributed by atoms with Crippen LogP contribution in [0, 0.1) is 28.4 Å². The van der Waals surface area contributed by atoms with E-state index in [-0.39, 0.29) is 74.6 Å². The summed E-state index contributed by atoms with van der Waals surface area (Å²) in [7, 11) is 0. The lowest BCUT2D eigenvalue weighted by Crippen LogP contribution is -2.43. The van der Waals surface area contributed by atoms with Crippen LogP contribution in [0.3, 0.4) is 0 Å². The number of nitrogens with zero attached hydrogens (tertiary/aromatic N) is 4. The number of benzene rings is 2. The molecule has 0 radical (unpaired) electrons. The number of fused-ring (bicyclic) bond motifs is 3. The number of halogens is 6. The molecule has 270 valence electrons. The minimum absolute atomic E-state index is 0.00571. The van der Waals surface area contributed by atoms with Crippen molar-refractivity contribution in [3.8, 4) is 29.1 Å². The van der Waals surface area contributed by atoms with Gasteiger partial charge in [-0.3, -0.25) is 4.90 Å². The van der Waals surface area contributed by atoms with Crippen LogP contribution in [0.25, 0.3) is 32.1 Å². The van der Waals surface area contributed by atoms with Crippen molar-refractivity contribution >= 4 is 37.3 Å². The monoisotopic (exact) mass is 730 g/mol. The number of piperidine rings is 1. The lowest BCUT2D eigenvalue weighted by Gasteiger charge is -2.43. The van der Waals surface area contributed by atoms with Gasteiger partial charge in [-0.15, -0.1) is 11.3 Å². The fourth-order valence-electron chi connectivity index (χ4n) is 8.91. The van der Waals surface area contributed by atoms with Gasteiger partial charge in [0.25, 0.3) is 0 Å². The zero-order chi connectivity index (χ0) is 35.7. The van der Waals surface area contributed by atoms with Gasteiger partial charge in [-0.25, -0.2) is 13.2 Å². The summed E-state index contributed by atoms with van der Waals surface area (Å²) in [4.78, 5) is 10.8. The maximum Gasteiger partial charge on any atom is 0.417 e. The first-order chi connectivity index (χ1) is 24.4. The van der Waals surface area contributed by atoms with Crippen LogP contribution in [-0.2, 0) is 6.18 Å². The molecule has 51 heavy (non-hydrogen) atoms. The van der Waals surface area contributed by atoms with Crippen molar-refractivity contribution in [1.29, 1.82) is 5.26 Å². The Balaban J connectivity index is 1.26. The van der Waals surface area contributed by atoms with Gasteiger partial charge in [0.05, 0.1) is 26.8 Å². The van der Waals surface area contributed by atoms with Gasteiger partial charge in [0.1, 0.15) is 41.3 Å². The van der Waals surface area contributed by atoms with E-state index < -0.39 is 46.2 Å². The predicted octanol–water partition coefficient (Wildman–Crippen LogP) is 7.91. The third-order valence-electron chi connectivity index (χ3n) is 11.5. The smallest absolute Gasteiger partial charge is 0.417 e. The molecule has 3 N–H and O–H groups in total. The minimum Gasteiger partial charge on any atom is -0.474 e. The standard InChI is InChI=1S/C36H36F6N6O2S/c37-19-15-35(6-1-13-48(35)17-19)18-49-33-46-29-22(32(47-33)50-20-4-7-34(8-5-20)9-11-45-12-10-34)14-24(36(40,41)42)27(28(29)39)21-2-3-25(38)30-26(21)23(16-43)31(44)51-30/h2-3,14,19-20,45H,1,4-13,15,17-18,44H2/t19-,35+/m1/s1. The van der Waals surface area contributed by atoms with Crippen LogP contribution < -0.4 is 20.5 Å². The van der Waals surface area contributed by atoms with E-state index in [0.29, 0.717) is 37.1 Å². The zero-order valence-corrected chi connectivity index (χ0v) is 28.5. The summed E-state index contributed by atoms with van der Waals surface area (Å²) in [6, 6.07) is 4.22. The number of nitriles is 1. The molecule has 1 saturated carbocycles. The zero-order valence-electron chi connectivity index (χ0n) is 27.6. The first-order valence-corrected chi connectivity index (χ1v) is 18.1. The molecule has 0 amide bonds. The van der Waals surface area contributed by atoms with Crippen LogP contribution in [0.4, 0.5) is 31.3 Å². The van der Waals surface area contributed by atoms with Crippen molar-refractivity contribution in [2.24, 2.45) is 5.41 Å². The van der Waals surface area contributed by atoms with E-state index in [0.717, 1.165) is 63.4 Å². The van der Waals surface area contributed by atoms with E-state index in [9.17, 15) is 27.2 Å². The Hall–Kier alpha value is -3.87. The van der Waals surface area contributed by atoms with Crippen LogP contribution in [0.1, 0.15) is 68.9 Å². The summed E-state index contributed by atoms with van der Waals surface area (Å²) < 4.78 is 104. The van der Waals surface area contributed by atoms with Crippen LogP contribution in [-0.4, -0.2) is 65.5 Å². The molecule has 4 aliphatic rings. The highest BCUT2D eigenvalue weighted by atomic mass is 32.1. The van der Waals surface area contributed by atoms with Crippen LogP contribution in [0.15, 0.2) is 18.2 Å². The maximum absolute atomic E-state index is 17.0. The fourth-order valence-corrected chi connectivity index (χ4v) is 9.86. The minimum atomic E-state index is -5.09. The molecule has 2 atom stereocenters. The molecule has 2 aromatic heterocycles. The summed E-state index contributed by atoms with van der Waals surface area (Å²) in [6.07, 6.45) is 0.414. The molecule has 3 saturated heterocycles. The highest BCUT2D eigenvalue weighted by Gasteiger charge is 2.49. The Morgan fingerprint density at radius 3 is 2.59 bits per heavy atom. The maximum atomic E-state index is 17.0. The summed E-state index contributed by atoms with van der Waals surface area (Å²) in [5, 5.41) is 12.6. The van der Waals surface area contributed by atoms with Crippen molar-refractivity contribution in [2.75, 3.05) is 38.5 Å². The number of thiophene rings is 1. The molecule has 1 aliphatic carbocycles. The molecule has 2 aromatic carbocycles. The second-order valence-electron chi connectivity index (χ2n) is 14.5. The quantitative estimate of drug-likeness (QED) is 0.193. The molecular weight excluding hydrogens is 694 g/mol. The summed E-state index contributed by atoms with van der Waals surface area (Å²) >= 11 is 0.696. The summed E-state index contributed by atoms with van der Waals surface area (Å²) in [5.41, 5.74) is 2.19. The number of aromatic nitrogens is 2. The number of nitrogens with one attached hydrogen (secondary N) is 1. The van der Waals surface area contributed by atoms with Crippen molar-refractivity contribution in [3.63, 3.8) is 0 Å². The number of ether oxygens (including phenoxy) is 2. The molecule has 15 heteroatoms.